The summed E-state index contributed by atoms with van der Waals surface area (Å²) in [6, 6.07) is 5.79. The van der Waals surface area contributed by atoms with E-state index in [0.717, 1.165) is 24.2 Å². The number of hydrogen-bond donors (Lipinski definition) is 0. The van der Waals surface area contributed by atoms with Gasteiger partial charge in [-0.3, -0.25) is 9.00 Å². The third kappa shape index (κ3) is 3.32. The number of esters is 1. The van der Waals surface area contributed by atoms with Crippen LogP contribution < -0.4 is 0 Å². The summed E-state index contributed by atoms with van der Waals surface area (Å²) in [5.74, 6) is 0.776. The number of fused-ring (bicyclic) bond motifs is 1. The van der Waals surface area contributed by atoms with Gasteiger partial charge in [0, 0.05) is 28.9 Å². The molecule has 0 radical (unpaired) electrons. The standard InChI is InChI=1S/C15H18N2O3S/c1-20-14(18)8-15(5-6-15)11-21(19)10-12-9-17-7-3-2-4-13(17)16-12/h2-4,7,9H,5-6,8,10-11H2,1H3. The van der Waals surface area contributed by atoms with Gasteiger partial charge in [0.1, 0.15) is 5.65 Å². The highest BCUT2D eigenvalue weighted by Crippen LogP contribution is 2.49. The average molecular weight is 306 g/mol. The van der Waals surface area contributed by atoms with Crippen LogP contribution in [0.3, 0.4) is 0 Å². The van der Waals surface area contributed by atoms with Crippen LogP contribution in [-0.2, 0) is 26.1 Å². The van der Waals surface area contributed by atoms with Gasteiger partial charge in [0.05, 0.1) is 25.0 Å². The van der Waals surface area contributed by atoms with Gasteiger partial charge in [-0.15, -0.1) is 0 Å². The second-order valence-electron chi connectivity index (χ2n) is 5.68. The average Bonchev–Trinajstić information content (AvgIpc) is 3.07. The first-order valence-corrected chi connectivity index (χ1v) is 8.43. The third-order valence-corrected chi connectivity index (χ3v) is 5.45. The Morgan fingerprint density at radius 1 is 1.48 bits per heavy atom. The fraction of sp³-hybridized carbons (Fsp3) is 0.467. The fourth-order valence-corrected chi connectivity index (χ4v) is 4.19. The van der Waals surface area contributed by atoms with Crippen LogP contribution in [0.1, 0.15) is 25.0 Å². The maximum absolute atomic E-state index is 12.3. The van der Waals surface area contributed by atoms with E-state index in [1.807, 2.05) is 35.0 Å². The number of nitrogens with zero attached hydrogens (tertiary/aromatic N) is 2. The van der Waals surface area contributed by atoms with Crippen molar-refractivity contribution in [3.05, 3.63) is 36.3 Å². The Bertz CT molecular complexity index is 658. The number of carbonyl (C=O) groups excluding carboxylic acids is 1. The zero-order valence-corrected chi connectivity index (χ0v) is 12.8. The summed E-state index contributed by atoms with van der Waals surface area (Å²) >= 11 is 0. The van der Waals surface area contributed by atoms with E-state index >= 15 is 0 Å². The van der Waals surface area contributed by atoms with Gasteiger partial charge in [0.2, 0.25) is 0 Å². The summed E-state index contributed by atoms with van der Waals surface area (Å²) in [4.78, 5) is 15.8. The van der Waals surface area contributed by atoms with Gasteiger partial charge in [-0.25, -0.2) is 4.98 Å². The highest BCUT2D eigenvalue weighted by Gasteiger charge is 2.45. The molecule has 0 N–H and O–H groups in total. The van der Waals surface area contributed by atoms with Crippen molar-refractivity contribution >= 4 is 22.4 Å². The van der Waals surface area contributed by atoms with E-state index in [4.69, 9.17) is 4.74 Å². The van der Waals surface area contributed by atoms with Gasteiger partial charge in [-0.1, -0.05) is 6.07 Å². The molecule has 0 bridgehead atoms. The highest BCUT2D eigenvalue weighted by atomic mass is 32.2. The Balaban J connectivity index is 1.62. The van der Waals surface area contributed by atoms with Crippen LogP contribution in [0.2, 0.25) is 0 Å². The lowest BCUT2D eigenvalue weighted by atomic mass is 10.1. The minimum absolute atomic E-state index is 0.100. The molecule has 0 aromatic carbocycles. The minimum Gasteiger partial charge on any atom is -0.469 e. The fourth-order valence-electron chi connectivity index (χ4n) is 2.54. The van der Waals surface area contributed by atoms with Gasteiger partial charge in [0.15, 0.2) is 0 Å². The number of pyridine rings is 1. The number of ether oxygens (including phenoxy) is 1. The van der Waals surface area contributed by atoms with Crippen molar-refractivity contribution in [2.45, 2.75) is 25.0 Å². The summed E-state index contributed by atoms with van der Waals surface area (Å²) < 4.78 is 19.0. The van der Waals surface area contributed by atoms with Gasteiger partial charge in [0.25, 0.3) is 0 Å². The molecule has 0 aliphatic heterocycles. The lowest BCUT2D eigenvalue weighted by Gasteiger charge is -2.12. The second kappa shape index (κ2) is 5.60. The van der Waals surface area contributed by atoms with Crippen molar-refractivity contribution in [2.24, 2.45) is 5.41 Å². The molecule has 0 spiro atoms. The number of carbonyl (C=O) groups is 1. The quantitative estimate of drug-likeness (QED) is 0.765. The molecule has 1 unspecified atom stereocenters. The summed E-state index contributed by atoms with van der Waals surface area (Å²) in [6.45, 7) is 0. The third-order valence-electron chi connectivity index (χ3n) is 3.89. The maximum atomic E-state index is 12.3. The lowest BCUT2D eigenvalue weighted by Crippen LogP contribution is -2.18. The largest absolute Gasteiger partial charge is 0.469 e. The molecule has 21 heavy (non-hydrogen) atoms. The molecule has 0 amide bonds. The number of aromatic nitrogens is 2. The van der Waals surface area contributed by atoms with E-state index in [-0.39, 0.29) is 11.4 Å². The normalized spacial score (nSPS) is 17.6. The zero-order chi connectivity index (χ0) is 14.9. The number of rotatable bonds is 6. The Hall–Kier alpha value is -1.69. The molecular formula is C15H18N2O3S. The summed E-state index contributed by atoms with van der Waals surface area (Å²) in [6.07, 6.45) is 6.12. The van der Waals surface area contributed by atoms with E-state index < -0.39 is 10.8 Å². The van der Waals surface area contributed by atoms with Crippen LogP contribution in [0.15, 0.2) is 30.6 Å². The van der Waals surface area contributed by atoms with Crippen LogP contribution in [0.25, 0.3) is 5.65 Å². The molecule has 3 rings (SSSR count). The van der Waals surface area contributed by atoms with Crippen molar-refractivity contribution in [1.82, 2.24) is 9.38 Å². The Morgan fingerprint density at radius 3 is 2.95 bits per heavy atom. The number of hydrogen-bond acceptors (Lipinski definition) is 4. The van der Waals surface area contributed by atoms with Crippen molar-refractivity contribution < 1.29 is 13.7 Å². The highest BCUT2D eigenvalue weighted by molar-refractivity contribution is 7.84. The summed E-state index contributed by atoms with van der Waals surface area (Å²) in [5.41, 5.74) is 1.59. The van der Waals surface area contributed by atoms with Gasteiger partial charge < -0.3 is 9.14 Å². The predicted octanol–water partition coefficient (Wildman–Crippen LogP) is 1.93. The first-order valence-electron chi connectivity index (χ1n) is 6.95. The first-order chi connectivity index (χ1) is 10.1. The monoisotopic (exact) mass is 306 g/mol. The minimum atomic E-state index is -1.01. The smallest absolute Gasteiger partial charge is 0.306 e. The summed E-state index contributed by atoms with van der Waals surface area (Å²) in [5, 5.41) is 0. The molecular weight excluding hydrogens is 288 g/mol. The van der Waals surface area contributed by atoms with Crippen molar-refractivity contribution in [2.75, 3.05) is 12.9 Å². The van der Waals surface area contributed by atoms with Crippen molar-refractivity contribution in [1.29, 1.82) is 0 Å². The van der Waals surface area contributed by atoms with Crippen LogP contribution in [0.5, 0.6) is 0 Å². The van der Waals surface area contributed by atoms with Crippen molar-refractivity contribution in [3.63, 3.8) is 0 Å². The predicted molar refractivity (Wildman–Crippen MR) is 80.2 cm³/mol. The van der Waals surface area contributed by atoms with E-state index in [0.29, 0.717) is 17.9 Å². The summed E-state index contributed by atoms with van der Waals surface area (Å²) in [7, 11) is 0.388. The van der Waals surface area contributed by atoms with Gasteiger partial charge in [-0.05, 0) is 30.4 Å². The van der Waals surface area contributed by atoms with E-state index in [2.05, 4.69) is 4.98 Å². The lowest BCUT2D eigenvalue weighted by molar-refractivity contribution is -0.141. The number of methoxy groups -OCH3 is 1. The molecule has 1 saturated carbocycles. The maximum Gasteiger partial charge on any atom is 0.306 e. The van der Waals surface area contributed by atoms with Crippen molar-refractivity contribution in [3.8, 4) is 0 Å². The van der Waals surface area contributed by atoms with Crippen LogP contribution >= 0.6 is 0 Å². The molecule has 2 heterocycles. The van der Waals surface area contributed by atoms with Gasteiger partial charge >= 0.3 is 5.97 Å². The SMILES string of the molecule is COC(=O)CC1(CS(=O)Cc2cn3ccccc3n2)CC1. The molecule has 1 atom stereocenters. The van der Waals surface area contributed by atoms with Crippen LogP contribution in [0.4, 0.5) is 0 Å². The van der Waals surface area contributed by atoms with Crippen LogP contribution in [0, 0.1) is 5.41 Å². The van der Waals surface area contributed by atoms with E-state index in [1.165, 1.54) is 7.11 Å². The topological polar surface area (TPSA) is 60.7 Å². The van der Waals surface area contributed by atoms with E-state index in [1.54, 1.807) is 0 Å². The molecule has 2 aromatic rings. The number of imidazole rings is 1. The Kier molecular flexibility index (Phi) is 3.80. The Morgan fingerprint density at radius 2 is 2.29 bits per heavy atom. The second-order valence-corrected chi connectivity index (χ2v) is 7.14. The molecule has 5 nitrogen and oxygen atoms in total. The molecule has 1 aliphatic rings. The van der Waals surface area contributed by atoms with Gasteiger partial charge in [-0.2, -0.15) is 0 Å². The first kappa shape index (κ1) is 14.3. The molecule has 6 heteroatoms. The van der Waals surface area contributed by atoms with E-state index in [9.17, 15) is 9.00 Å². The molecule has 1 aliphatic carbocycles. The molecule has 2 aromatic heterocycles. The van der Waals surface area contributed by atoms with Crippen LogP contribution in [-0.4, -0.2) is 32.4 Å². The molecule has 0 saturated heterocycles. The molecule has 1 fully saturated rings. The Labute approximate surface area is 125 Å². The zero-order valence-electron chi connectivity index (χ0n) is 11.9. The molecule has 112 valence electrons.